The molecule has 0 fully saturated rings. The average Bonchev–Trinajstić information content (AvgIpc) is 2.80. The second kappa shape index (κ2) is 5.85. The summed E-state index contributed by atoms with van der Waals surface area (Å²) in [7, 11) is 1.51. The molecule has 0 amide bonds. The smallest absolute Gasteiger partial charge is 0.347 e. The molecular formula is C14H17ClO5S. The number of carbonyl (C=O) groups is 1. The standard InChI is InChI=1S/C14H17ClO5S/c1-8(2)9(3)19-14(16)13-7-10-6-11(21(15,17)18)4-5-12(10)20-13/h4-6,8-9,13H,7H2,1-3H3. The number of rotatable bonds is 4. The van der Waals surface area contributed by atoms with Crippen molar-refractivity contribution in [1.82, 2.24) is 0 Å². The van der Waals surface area contributed by atoms with Crippen LogP contribution in [-0.2, 0) is 25.0 Å². The van der Waals surface area contributed by atoms with Crippen molar-refractivity contribution in [3.63, 3.8) is 0 Å². The summed E-state index contributed by atoms with van der Waals surface area (Å²) in [5.41, 5.74) is 0.635. The first-order chi connectivity index (χ1) is 9.68. The molecule has 1 aliphatic rings. The molecule has 7 heteroatoms. The van der Waals surface area contributed by atoms with Gasteiger partial charge in [-0.2, -0.15) is 0 Å². The second-order valence-electron chi connectivity index (χ2n) is 5.40. The lowest BCUT2D eigenvalue weighted by Crippen LogP contribution is -2.32. The quantitative estimate of drug-likeness (QED) is 0.626. The third-order valence-corrected chi connectivity index (χ3v) is 4.84. The Balaban J connectivity index is 2.11. The second-order valence-corrected chi connectivity index (χ2v) is 7.97. The van der Waals surface area contributed by atoms with Crippen molar-refractivity contribution in [2.75, 3.05) is 0 Å². The number of carbonyl (C=O) groups excluding carboxylic acids is 1. The van der Waals surface area contributed by atoms with Crippen LogP contribution in [0.3, 0.4) is 0 Å². The van der Waals surface area contributed by atoms with Gasteiger partial charge in [0, 0.05) is 17.1 Å². The lowest BCUT2D eigenvalue weighted by atomic mass is 10.1. The van der Waals surface area contributed by atoms with E-state index in [1.54, 1.807) is 0 Å². The fourth-order valence-corrected chi connectivity index (χ4v) is 2.70. The van der Waals surface area contributed by atoms with Gasteiger partial charge in [-0.25, -0.2) is 13.2 Å². The van der Waals surface area contributed by atoms with Gasteiger partial charge in [0.25, 0.3) is 9.05 Å². The minimum absolute atomic E-state index is 0.00363. The zero-order valence-corrected chi connectivity index (χ0v) is 13.6. The molecule has 0 saturated carbocycles. The van der Waals surface area contributed by atoms with E-state index in [1.807, 2.05) is 20.8 Å². The Morgan fingerprint density at radius 3 is 2.62 bits per heavy atom. The molecule has 0 aliphatic carbocycles. The van der Waals surface area contributed by atoms with Crippen LogP contribution < -0.4 is 4.74 Å². The molecule has 116 valence electrons. The number of ether oxygens (including phenoxy) is 2. The zero-order valence-electron chi connectivity index (χ0n) is 12.0. The van der Waals surface area contributed by atoms with Crippen LogP contribution in [0.1, 0.15) is 26.3 Å². The first kappa shape index (κ1) is 16.1. The summed E-state index contributed by atoms with van der Waals surface area (Å²) < 4.78 is 33.4. The zero-order chi connectivity index (χ0) is 15.8. The molecule has 0 radical (unpaired) electrons. The van der Waals surface area contributed by atoms with Crippen LogP contribution in [0.2, 0.25) is 0 Å². The normalized spacial score (nSPS) is 19.0. The Bertz CT molecular complexity index is 653. The lowest BCUT2D eigenvalue weighted by molar-refractivity contribution is -0.157. The van der Waals surface area contributed by atoms with E-state index in [-0.39, 0.29) is 23.3 Å². The first-order valence-electron chi connectivity index (χ1n) is 6.63. The Kier molecular flexibility index (Phi) is 4.49. The largest absolute Gasteiger partial charge is 0.478 e. The van der Waals surface area contributed by atoms with E-state index in [4.69, 9.17) is 20.2 Å². The van der Waals surface area contributed by atoms with Crippen LogP contribution in [0.4, 0.5) is 0 Å². The number of halogens is 1. The Labute approximate surface area is 128 Å². The first-order valence-corrected chi connectivity index (χ1v) is 8.94. The molecule has 0 bridgehead atoms. The molecule has 2 rings (SSSR count). The number of esters is 1. The molecule has 0 saturated heterocycles. The van der Waals surface area contributed by atoms with E-state index >= 15 is 0 Å². The van der Waals surface area contributed by atoms with Crippen LogP contribution in [0.5, 0.6) is 5.75 Å². The number of hydrogen-bond donors (Lipinski definition) is 0. The van der Waals surface area contributed by atoms with Crippen molar-refractivity contribution in [3.8, 4) is 5.75 Å². The molecule has 1 aromatic carbocycles. The third kappa shape index (κ3) is 3.68. The maximum absolute atomic E-state index is 12.0. The predicted octanol–water partition coefficient (Wildman–Crippen LogP) is 2.51. The monoisotopic (exact) mass is 332 g/mol. The highest BCUT2D eigenvalue weighted by atomic mass is 35.7. The van der Waals surface area contributed by atoms with Gasteiger partial charge in [-0.1, -0.05) is 13.8 Å². The summed E-state index contributed by atoms with van der Waals surface area (Å²) in [6, 6.07) is 4.28. The van der Waals surface area contributed by atoms with Gasteiger partial charge < -0.3 is 9.47 Å². The van der Waals surface area contributed by atoms with Crippen molar-refractivity contribution in [1.29, 1.82) is 0 Å². The van der Waals surface area contributed by atoms with E-state index in [1.165, 1.54) is 18.2 Å². The van der Waals surface area contributed by atoms with Gasteiger partial charge in [0.2, 0.25) is 0 Å². The molecular weight excluding hydrogens is 316 g/mol. The summed E-state index contributed by atoms with van der Waals surface area (Å²) in [6.07, 6.45) is -0.669. The van der Waals surface area contributed by atoms with Crippen molar-refractivity contribution in [2.24, 2.45) is 5.92 Å². The fraction of sp³-hybridized carbons (Fsp3) is 0.500. The number of hydrogen-bond acceptors (Lipinski definition) is 5. The van der Waals surface area contributed by atoms with Crippen molar-refractivity contribution in [3.05, 3.63) is 23.8 Å². The SMILES string of the molecule is CC(C)C(C)OC(=O)C1Cc2cc(S(=O)(=O)Cl)ccc2O1. The predicted molar refractivity (Wildman–Crippen MR) is 78.0 cm³/mol. The van der Waals surface area contributed by atoms with Gasteiger partial charge in [0.15, 0.2) is 6.10 Å². The lowest BCUT2D eigenvalue weighted by Gasteiger charge is -2.18. The van der Waals surface area contributed by atoms with Gasteiger partial charge in [-0.05, 0) is 36.6 Å². The van der Waals surface area contributed by atoms with Crippen LogP contribution in [0, 0.1) is 5.92 Å². The topological polar surface area (TPSA) is 69.7 Å². The molecule has 0 aromatic heterocycles. The van der Waals surface area contributed by atoms with Gasteiger partial charge in [-0.3, -0.25) is 0 Å². The molecule has 0 spiro atoms. The highest BCUT2D eigenvalue weighted by Crippen LogP contribution is 2.32. The summed E-state index contributed by atoms with van der Waals surface area (Å²) in [5.74, 6) is 0.256. The fourth-order valence-electron chi connectivity index (χ4n) is 1.90. The Morgan fingerprint density at radius 2 is 2.05 bits per heavy atom. The summed E-state index contributed by atoms with van der Waals surface area (Å²) in [6.45, 7) is 5.74. The molecule has 0 N–H and O–H groups in total. The molecule has 1 aromatic rings. The van der Waals surface area contributed by atoms with Gasteiger partial charge in [0.1, 0.15) is 11.9 Å². The Morgan fingerprint density at radius 1 is 1.38 bits per heavy atom. The maximum atomic E-state index is 12.0. The minimum Gasteiger partial charge on any atom is -0.478 e. The van der Waals surface area contributed by atoms with E-state index in [0.29, 0.717) is 11.3 Å². The van der Waals surface area contributed by atoms with E-state index in [2.05, 4.69) is 0 Å². The molecule has 1 aliphatic heterocycles. The molecule has 2 atom stereocenters. The minimum atomic E-state index is -3.79. The van der Waals surface area contributed by atoms with Crippen molar-refractivity contribution in [2.45, 2.75) is 44.3 Å². The average molecular weight is 333 g/mol. The summed E-state index contributed by atoms with van der Waals surface area (Å²) in [4.78, 5) is 12.0. The van der Waals surface area contributed by atoms with Gasteiger partial charge >= 0.3 is 5.97 Å². The maximum Gasteiger partial charge on any atom is 0.347 e. The molecule has 5 nitrogen and oxygen atoms in total. The number of fused-ring (bicyclic) bond motifs is 1. The van der Waals surface area contributed by atoms with E-state index in [9.17, 15) is 13.2 Å². The summed E-state index contributed by atoms with van der Waals surface area (Å²) >= 11 is 0. The Hall–Kier alpha value is -1.27. The third-order valence-electron chi connectivity index (χ3n) is 3.49. The van der Waals surface area contributed by atoms with E-state index < -0.39 is 21.1 Å². The van der Waals surface area contributed by atoms with Crippen molar-refractivity contribution < 1.29 is 22.7 Å². The van der Waals surface area contributed by atoms with Crippen molar-refractivity contribution >= 4 is 25.7 Å². The van der Waals surface area contributed by atoms with Crippen LogP contribution in [0.25, 0.3) is 0 Å². The molecule has 2 unspecified atom stereocenters. The van der Waals surface area contributed by atoms with Crippen LogP contribution >= 0.6 is 10.7 Å². The molecule has 1 heterocycles. The van der Waals surface area contributed by atoms with Gasteiger partial charge in [0.05, 0.1) is 4.90 Å². The highest BCUT2D eigenvalue weighted by molar-refractivity contribution is 8.13. The van der Waals surface area contributed by atoms with Gasteiger partial charge in [-0.15, -0.1) is 0 Å². The van der Waals surface area contributed by atoms with E-state index in [0.717, 1.165) is 0 Å². The number of benzene rings is 1. The summed E-state index contributed by atoms with van der Waals surface area (Å²) in [5, 5.41) is 0. The molecule has 21 heavy (non-hydrogen) atoms. The van der Waals surface area contributed by atoms with Crippen LogP contribution in [0.15, 0.2) is 23.1 Å². The van der Waals surface area contributed by atoms with Crippen LogP contribution in [-0.4, -0.2) is 26.6 Å². The highest BCUT2D eigenvalue weighted by Gasteiger charge is 2.32.